The minimum atomic E-state index is -0.596. The summed E-state index contributed by atoms with van der Waals surface area (Å²) in [4.78, 5) is 37.1. The molecule has 2 atom stereocenters. The zero-order valence-electron chi connectivity index (χ0n) is 16.9. The Morgan fingerprint density at radius 3 is 2.54 bits per heavy atom. The number of aryl methyl sites for hydroxylation is 1. The molecule has 154 valence electrons. The number of anilines is 1. The Morgan fingerprint density at radius 1 is 1.36 bits per heavy atom. The number of benzene rings is 1. The number of carbonyl (C=O) groups is 2. The van der Waals surface area contributed by atoms with Crippen LogP contribution in [0.5, 0.6) is 0 Å². The molecule has 2 rings (SSSR count). The lowest BCUT2D eigenvalue weighted by molar-refractivity contribution is -0.384. The van der Waals surface area contributed by atoms with Crippen LogP contribution >= 0.6 is 0 Å². The summed E-state index contributed by atoms with van der Waals surface area (Å²) in [5, 5.41) is 14.0. The van der Waals surface area contributed by atoms with E-state index >= 15 is 0 Å². The standard InChI is InChI=1S/C19H28N4O5/c1-11-8-13(16(20)15(9-11)23(26)27)17(24)21-14-6-7-22(10-12(14)2)18(25)28-19(3,4)5/h8-9,12,14H,6-7,10,20H2,1-5H3,(H,21,24). The van der Waals surface area contributed by atoms with Gasteiger partial charge in [-0.3, -0.25) is 14.9 Å². The van der Waals surface area contributed by atoms with E-state index < -0.39 is 16.4 Å². The Kier molecular flexibility index (Phi) is 6.16. The van der Waals surface area contributed by atoms with Crippen LogP contribution in [0, 0.1) is 23.0 Å². The van der Waals surface area contributed by atoms with Crippen LogP contribution in [0.2, 0.25) is 0 Å². The van der Waals surface area contributed by atoms with Gasteiger partial charge in [-0.05, 0) is 51.7 Å². The summed E-state index contributed by atoms with van der Waals surface area (Å²) < 4.78 is 5.39. The molecule has 1 heterocycles. The van der Waals surface area contributed by atoms with Crippen molar-refractivity contribution in [1.29, 1.82) is 0 Å². The smallest absolute Gasteiger partial charge is 0.410 e. The summed E-state index contributed by atoms with van der Waals surface area (Å²) >= 11 is 0. The van der Waals surface area contributed by atoms with Crippen molar-refractivity contribution in [2.75, 3.05) is 18.8 Å². The van der Waals surface area contributed by atoms with Crippen LogP contribution < -0.4 is 11.1 Å². The second-order valence-corrected chi connectivity index (χ2v) is 8.27. The monoisotopic (exact) mass is 392 g/mol. The van der Waals surface area contributed by atoms with E-state index in [0.717, 1.165) is 0 Å². The first-order valence-electron chi connectivity index (χ1n) is 9.22. The van der Waals surface area contributed by atoms with Crippen molar-refractivity contribution in [3.05, 3.63) is 33.4 Å². The number of nitrogens with two attached hydrogens (primary N) is 1. The number of nitrogens with zero attached hydrogens (tertiary/aromatic N) is 2. The average molecular weight is 392 g/mol. The molecule has 0 aromatic heterocycles. The Hall–Kier alpha value is -2.84. The van der Waals surface area contributed by atoms with Crippen molar-refractivity contribution in [2.45, 2.75) is 52.7 Å². The number of rotatable bonds is 3. The number of hydrogen-bond acceptors (Lipinski definition) is 6. The average Bonchev–Trinajstić information content (AvgIpc) is 2.56. The predicted molar refractivity (Wildman–Crippen MR) is 105 cm³/mol. The summed E-state index contributed by atoms with van der Waals surface area (Å²) in [6.07, 6.45) is 0.183. The van der Waals surface area contributed by atoms with E-state index in [4.69, 9.17) is 10.5 Å². The summed E-state index contributed by atoms with van der Waals surface area (Å²) in [5.74, 6) is -0.460. The first kappa shape index (κ1) is 21.5. The molecule has 9 nitrogen and oxygen atoms in total. The van der Waals surface area contributed by atoms with Crippen LogP contribution in [-0.4, -0.2) is 46.6 Å². The highest BCUT2D eigenvalue weighted by molar-refractivity contribution is 6.01. The van der Waals surface area contributed by atoms with Gasteiger partial charge in [-0.1, -0.05) is 6.92 Å². The van der Waals surface area contributed by atoms with Gasteiger partial charge in [0, 0.05) is 25.2 Å². The highest BCUT2D eigenvalue weighted by atomic mass is 16.6. The Balaban J connectivity index is 2.07. The minimum Gasteiger partial charge on any atom is -0.444 e. The Labute approximate surface area is 164 Å². The molecule has 28 heavy (non-hydrogen) atoms. The Morgan fingerprint density at radius 2 is 2.00 bits per heavy atom. The number of ether oxygens (including phenoxy) is 1. The SMILES string of the molecule is Cc1cc(C(=O)NC2CCN(C(=O)OC(C)(C)C)CC2C)c(N)c([N+](=O)[O-])c1. The zero-order valence-corrected chi connectivity index (χ0v) is 16.9. The number of carbonyl (C=O) groups excluding carboxylic acids is 2. The lowest BCUT2D eigenvalue weighted by Crippen LogP contribution is -2.52. The molecule has 0 bridgehead atoms. The molecule has 0 spiro atoms. The zero-order chi connectivity index (χ0) is 21.2. The van der Waals surface area contributed by atoms with Gasteiger partial charge in [-0.2, -0.15) is 0 Å². The van der Waals surface area contributed by atoms with Gasteiger partial charge in [0.1, 0.15) is 11.3 Å². The highest BCUT2D eigenvalue weighted by Crippen LogP contribution is 2.28. The molecule has 1 aromatic rings. The van der Waals surface area contributed by atoms with E-state index in [2.05, 4.69) is 5.32 Å². The third-order valence-electron chi connectivity index (χ3n) is 4.62. The van der Waals surface area contributed by atoms with E-state index in [1.807, 2.05) is 27.7 Å². The highest BCUT2D eigenvalue weighted by Gasteiger charge is 2.32. The molecule has 0 saturated carbocycles. The van der Waals surface area contributed by atoms with Crippen LogP contribution in [0.25, 0.3) is 0 Å². The van der Waals surface area contributed by atoms with Crippen molar-refractivity contribution >= 4 is 23.4 Å². The maximum absolute atomic E-state index is 12.7. The molecule has 0 radical (unpaired) electrons. The maximum atomic E-state index is 12.7. The van der Waals surface area contributed by atoms with Crippen molar-refractivity contribution in [2.24, 2.45) is 5.92 Å². The third kappa shape index (κ3) is 5.11. The van der Waals surface area contributed by atoms with Gasteiger partial charge in [0.05, 0.1) is 10.5 Å². The molecular weight excluding hydrogens is 364 g/mol. The minimum absolute atomic E-state index is 0.00811. The fraction of sp³-hybridized carbons (Fsp3) is 0.579. The number of hydrogen-bond donors (Lipinski definition) is 2. The Bertz CT molecular complexity index is 787. The normalized spacial score (nSPS) is 19.8. The number of piperidine rings is 1. The number of nitrogen functional groups attached to an aromatic ring is 1. The molecule has 1 aromatic carbocycles. The van der Waals surface area contributed by atoms with Crippen molar-refractivity contribution < 1.29 is 19.2 Å². The lowest BCUT2D eigenvalue weighted by atomic mass is 9.93. The molecule has 1 aliphatic rings. The van der Waals surface area contributed by atoms with Gasteiger partial charge in [0.2, 0.25) is 0 Å². The summed E-state index contributed by atoms with van der Waals surface area (Å²) in [7, 11) is 0. The summed E-state index contributed by atoms with van der Waals surface area (Å²) in [6.45, 7) is 9.94. The van der Waals surface area contributed by atoms with Crippen molar-refractivity contribution in [1.82, 2.24) is 10.2 Å². The lowest BCUT2D eigenvalue weighted by Gasteiger charge is -2.37. The van der Waals surface area contributed by atoms with E-state index in [1.165, 1.54) is 12.1 Å². The second kappa shape index (κ2) is 8.04. The molecule has 3 N–H and O–H groups in total. The van der Waals surface area contributed by atoms with Crippen molar-refractivity contribution in [3.8, 4) is 0 Å². The maximum Gasteiger partial charge on any atom is 0.410 e. The van der Waals surface area contributed by atoms with Crippen LogP contribution in [0.4, 0.5) is 16.2 Å². The molecule has 9 heteroatoms. The first-order chi connectivity index (χ1) is 12.9. The van der Waals surface area contributed by atoms with Gasteiger partial charge in [-0.25, -0.2) is 4.79 Å². The van der Waals surface area contributed by atoms with Gasteiger partial charge in [-0.15, -0.1) is 0 Å². The van der Waals surface area contributed by atoms with Gasteiger partial charge in [0.15, 0.2) is 0 Å². The topological polar surface area (TPSA) is 128 Å². The van der Waals surface area contributed by atoms with E-state index in [1.54, 1.807) is 11.8 Å². The molecule has 2 unspecified atom stereocenters. The van der Waals surface area contributed by atoms with Gasteiger partial charge in [0.25, 0.3) is 11.6 Å². The largest absolute Gasteiger partial charge is 0.444 e. The molecule has 0 aliphatic carbocycles. The quantitative estimate of drug-likeness (QED) is 0.462. The summed E-state index contributed by atoms with van der Waals surface area (Å²) in [6, 6.07) is 2.71. The first-order valence-corrected chi connectivity index (χ1v) is 9.22. The third-order valence-corrected chi connectivity index (χ3v) is 4.62. The second-order valence-electron chi connectivity index (χ2n) is 8.27. The number of amides is 2. The van der Waals surface area contributed by atoms with Crippen LogP contribution in [0.1, 0.15) is 50.0 Å². The summed E-state index contributed by atoms with van der Waals surface area (Å²) in [5.41, 5.74) is 5.52. The number of likely N-dealkylation sites (tertiary alicyclic amines) is 1. The molecule has 1 aliphatic heterocycles. The van der Waals surface area contributed by atoms with Gasteiger partial charge < -0.3 is 20.7 Å². The van der Waals surface area contributed by atoms with Crippen LogP contribution in [-0.2, 0) is 4.74 Å². The fourth-order valence-electron chi connectivity index (χ4n) is 3.22. The van der Waals surface area contributed by atoms with Crippen molar-refractivity contribution in [3.63, 3.8) is 0 Å². The van der Waals surface area contributed by atoms with E-state index in [0.29, 0.717) is 25.1 Å². The fourth-order valence-corrected chi connectivity index (χ4v) is 3.22. The molecule has 1 fully saturated rings. The number of nitro benzene ring substituents is 1. The number of nitro groups is 1. The number of nitrogens with one attached hydrogen (secondary N) is 1. The van der Waals surface area contributed by atoms with E-state index in [-0.39, 0.29) is 35.0 Å². The molecule has 1 saturated heterocycles. The van der Waals surface area contributed by atoms with Crippen LogP contribution in [0.15, 0.2) is 12.1 Å². The molecule has 2 amide bonds. The predicted octanol–water partition coefficient (Wildman–Crippen LogP) is 2.86. The molecular formula is C19H28N4O5. The van der Waals surface area contributed by atoms with E-state index in [9.17, 15) is 19.7 Å². The van der Waals surface area contributed by atoms with Gasteiger partial charge >= 0.3 is 6.09 Å². The van der Waals surface area contributed by atoms with Crippen LogP contribution in [0.3, 0.4) is 0 Å².